The number of aryl methyl sites for hydroxylation is 2. The summed E-state index contributed by atoms with van der Waals surface area (Å²) in [7, 11) is 3.13. The van der Waals surface area contributed by atoms with Crippen molar-refractivity contribution in [2.45, 2.75) is 19.8 Å². The zero-order chi connectivity index (χ0) is 22.0. The van der Waals surface area contributed by atoms with Gasteiger partial charge in [0.1, 0.15) is 5.82 Å². The van der Waals surface area contributed by atoms with Crippen molar-refractivity contribution < 1.29 is 14.3 Å². The fourth-order valence-electron chi connectivity index (χ4n) is 3.77. The minimum absolute atomic E-state index is 0.100. The largest absolute Gasteiger partial charge is 0.465 e. The van der Waals surface area contributed by atoms with E-state index < -0.39 is 0 Å². The number of ether oxygens (including phenoxy) is 1. The number of pyridine rings is 2. The van der Waals surface area contributed by atoms with E-state index in [1.165, 1.54) is 7.11 Å². The molecule has 4 rings (SSSR count). The van der Waals surface area contributed by atoms with Gasteiger partial charge in [0.2, 0.25) is 0 Å². The van der Waals surface area contributed by atoms with Crippen LogP contribution in [0.4, 0.5) is 17.3 Å². The van der Waals surface area contributed by atoms with Gasteiger partial charge < -0.3 is 14.5 Å². The van der Waals surface area contributed by atoms with Gasteiger partial charge >= 0.3 is 5.97 Å². The molecule has 0 atom stereocenters. The van der Waals surface area contributed by atoms with Gasteiger partial charge in [0.15, 0.2) is 5.82 Å². The number of esters is 1. The van der Waals surface area contributed by atoms with E-state index >= 15 is 0 Å². The summed E-state index contributed by atoms with van der Waals surface area (Å²) in [6.07, 6.45) is 5.05. The summed E-state index contributed by atoms with van der Waals surface area (Å²) >= 11 is 0. The second-order valence-corrected chi connectivity index (χ2v) is 7.36. The molecule has 0 unspecified atom stereocenters. The zero-order valence-corrected chi connectivity index (χ0v) is 17.8. The number of rotatable bonds is 5. The Hall–Kier alpha value is -3.74. The van der Waals surface area contributed by atoms with Gasteiger partial charge in [-0.15, -0.1) is 0 Å². The summed E-state index contributed by atoms with van der Waals surface area (Å²) in [5.41, 5.74) is 3.94. The van der Waals surface area contributed by atoms with Gasteiger partial charge in [-0.25, -0.2) is 14.8 Å². The molecule has 158 valence electrons. The summed E-state index contributed by atoms with van der Waals surface area (Å²) in [6.45, 7) is 2.67. The maximum Gasteiger partial charge on any atom is 0.337 e. The molecule has 0 N–H and O–H groups in total. The Morgan fingerprint density at radius 3 is 2.48 bits per heavy atom. The van der Waals surface area contributed by atoms with Crippen LogP contribution in [0, 0.1) is 0 Å². The third-order valence-electron chi connectivity index (χ3n) is 5.49. The molecule has 2 aromatic heterocycles. The predicted octanol–water partition coefficient (Wildman–Crippen LogP) is 3.80. The Balaban J connectivity index is 1.60. The smallest absolute Gasteiger partial charge is 0.337 e. The molecule has 3 heterocycles. The van der Waals surface area contributed by atoms with Crippen LogP contribution in [-0.2, 0) is 17.6 Å². The molecule has 1 aromatic carbocycles. The minimum Gasteiger partial charge on any atom is -0.465 e. The Labute approximate surface area is 181 Å². The Bertz CT molecular complexity index is 1130. The molecular formula is C24H24N4O3. The number of anilines is 3. The van der Waals surface area contributed by atoms with Crippen LogP contribution >= 0.6 is 0 Å². The lowest BCUT2D eigenvalue weighted by atomic mass is 10.0. The van der Waals surface area contributed by atoms with Gasteiger partial charge in [0, 0.05) is 26.0 Å². The van der Waals surface area contributed by atoms with E-state index in [0.717, 1.165) is 35.5 Å². The minimum atomic E-state index is -0.347. The maximum atomic E-state index is 13.2. The first-order chi connectivity index (χ1) is 15.0. The number of methoxy groups -OCH3 is 1. The normalized spacial score (nSPS) is 12.8. The van der Waals surface area contributed by atoms with Crippen LogP contribution < -0.4 is 9.80 Å². The number of benzene rings is 1. The number of carbonyl (C=O) groups excluding carboxylic acids is 2. The fourth-order valence-corrected chi connectivity index (χ4v) is 3.77. The lowest BCUT2D eigenvalue weighted by molar-refractivity contribution is 0.0600. The Kier molecular flexibility index (Phi) is 5.66. The monoisotopic (exact) mass is 416 g/mol. The van der Waals surface area contributed by atoms with Crippen molar-refractivity contribution in [2.75, 3.05) is 30.5 Å². The van der Waals surface area contributed by atoms with E-state index in [2.05, 4.69) is 9.97 Å². The first-order valence-electron chi connectivity index (χ1n) is 10.2. The first-order valence-corrected chi connectivity index (χ1v) is 10.2. The molecule has 0 aliphatic carbocycles. The molecule has 7 heteroatoms. The van der Waals surface area contributed by atoms with Gasteiger partial charge in [-0.3, -0.25) is 4.79 Å². The number of hydrogen-bond acceptors (Lipinski definition) is 6. The van der Waals surface area contributed by atoms with E-state index in [-0.39, 0.29) is 11.9 Å². The van der Waals surface area contributed by atoms with Crippen molar-refractivity contribution in [3.63, 3.8) is 0 Å². The quantitative estimate of drug-likeness (QED) is 0.589. The van der Waals surface area contributed by atoms with Crippen LogP contribution in [0.2, 0.25) is 0 Å². The molecule has 1 aliphatic rings. The van der Waals surface area contributed by atoms with E-state index in [9.17, 15) is 9.59 Å². The second kappa shape index (κ2) is 8.55. The van der Waals surface area contributed by atoms with Crippen molar-refractivity contribution in [1.29, 1.82) is 0 Å². The molecule has 31 heavy (non-hydrogen) atoms. The molecule has 0 spiro atoms. The summed E-state index contributed by atoms with van der Waals surface area (Å²) in [5, 5.41) is 0. The molecule has 0 bridgehead atoms. The van der Waals surface area contributed by atoms with Crippen LogP contribution in [0.5, 0.6) is 0 Å². The van der Waals surface area contributed by atoms with Crippen molar-refractivity contribution in [3.05, 3.63) is 77.1 Å². The Morgan fingerprint density at radius 1 is 1.03 bits per heavy atom. The van der Waals surface area contributed by atoms with Crippen molar-refractivity contribution in [2.24, 2.45) is 0 Å². The molecule has 1 amide bonds. The fraction of sp³-hybridized carbons (Fsp3) is 0.250. The van der Waals surface area contributed by atoms with E-state index in [0.29, 0.717) is 23.5 Å². The lowest BCUT2D eigenvalue weighted by Gasteiger charge is -2.22. The van der Waals surface area contributed by atoms with Gasteiger partial charge in [-0.05, 0) is 61.2 Å². The molecular weight excluding hydrogens is 392 g/mol. The maximum absolute atomic E-state index is 13.2. The van der Waals surface area contributed by atoms with Gasteiger partial charge in [-0.1, -0.05) is 12.1 Å². The van der Waals surface area contributed by atoms with Gasteiger partial charge in [0.05, 0.1) is 23.9 Å². The molecule has 0 radical (unpaired) electrons. The average molecular weight is 416 g/mol. The SMILES string of the molecule is CCN1c2ncc(CCc3ccc(C(=O)OC)cc3)cc2C(=O)N(C)c2cccnc21. The summed E-state index contributed by atoms with van der Waals surface area (Å²) in [4.78, 5) is 37.5. The Morgan fingerprint density at radius 2 is 1.77 bits per heavy atom. The number of aromatic nitrogens is 2. The van der Waals surface area contributed by atoms with Crippen LogP contribution in [0.3, 0.4) is 0 Å². The van der Waals surface area contributed by atoms with Crippen LogP contribution in [0.1, 0.15) is 38.8 Å². The highest BCUT2D eigenvalue weighted by Crippen LogP contribution is 2.37. The molecule has 0 saturated carbocycles. The third kappa shape index (κ3) is 3.86. The number of carbonyl (C=O) groups is 2. The predicted molar refractivity (Wildman–Crippen MR) is 119 cm³/mol. The highest BCUT2D eigenvalue weighted by Gasteiger charge is 2.30. The van der Waals surface area contributed by atoms with E-state index in [1.807, 2.05) is 48.4 Å². The second-order valence-electron chi connectivity index (χ2n) is 7.36. The highest BCUT2D eigenvalue weighted by molar-refractivity contribution is 6.12. The van der Waals surface area contributed by atoms with E-state index in [1.54, 1.807) is 30.3 Å². The first kappa shape index (κ1) is 20.5. The molecule has 0 saturated heterocycles. The summed E-state index contributed by atoms with van der Waals surface area (Å²) < 4.78 is 4.74. The lowest BCUT2D eigenvalue weighted by Crippen LogP contribution is -2.25. The van der Waals surface area contributed by atoms with Crippen molar-refractivity contribution in [1.82, 2.24) is 9.97 Å². The summed E-state index contributed by atoms with van der Waals surface area (Å²) in [5.74, 6) is 0.908. The molecule has 1 aliphatic heterocycles. The van der Waals surface area contributed by atoms with Gasteiger partial charge in [-0.2, -0.15) is 0 Å². The van der Waals surface area contributed by atoms with Crippen LogP contribution in [0.25, 0.3) is 0 Å². The molecule has 0 fully saturated rings. The number of amides is 1. The van der Waals surface area contributed by atoms with Crippen molar-refractivity contribution >= 4 is 29.2 Å². The van der Waals surface area contributed by atoms with Crippen LogP contribution in [-0.4, -0.2) is 42.5 Å². The number of hydrogen-bond donors (Lipinski definition) is 0. The van der Waals surface area contributed by atoms with E-state index in [4.69, 9.17) is 4.74 Å². The number of fused-ring (bicyclic) bond motifs is 2. The molecule has 7 nitrogen and oxygen atoms in total. The number of nitrogens with zero attached hydrogens (tertiary/aromatic N) is 4. The van der Waals surface area contributed by atoms with Crippen LogP contribution in [0.15, 0.2) is 54.9 Å². The topological polar surface area (TPSA) is 75.6 Å². The van der Waals surface area contributed by atoms with Gasteiger partial charge in [0.25, 0.3) is 5.91 Å². The average Bonchev–Trinajstić information content (AvgIpc) is 2.90. The highest BCUT2D eigenvalue weighted by atomic mass is 16.5. The standard InChI is InChI=1S/C24H24N4O3/c1-4-28-21-19(23(29)27(2)20-6-5-13-25-22(20)28)14-17(15-26-21)8-7-16-9-11-18(12-10-16)24(30)31-3/h5-6,9-15H,4,7-8H2,1-3H3. The zero-order valence-electron chi connectivity index (χ0n) is 17.8. The molecule has 3 aromatic rings. The third-order valence-corrected chi connectivity index (χ3v) is 5.49. The van der Waals surface area contributed by atoms with Crippen molar-refractivity contribution in [3.8, 4) is 0 Å². The summed E-state index contributed by atoms with van der Waals surface area (Å²) in [6, 6.07) is 13.0.